The van der Waals surface area contributed by atoms with Crippen molar-refractivity contribution in [3.05, 3.63) is 24.3 Å². The third-order valence-corrected chi connectivity index (χ3v) is 5.44. The van der Waals surface area contributed by atoms with E-state index in [1.807, 2.05) is 24.3 Å². The van der Waals surface area contributed by atoms with E-state index in [2.05, 4.69) is 31.0 Å². The van der Waals surface area contributed by atoms with Gasteiger partial charge in [0.1, 0.15) is 18.0 Å². The van der Waals surface area contributed by atoms with Gasteiger partial charge in [-0.1, -0.05) is 27.2 Å². The molecule has 0 heterocycles. The Bertz CT molecular complexity index is 557. The summed E-state index contributed by atoms with van der Waals surface area (Å²) in [6, 6.07) is 7.59. The number of carbonyl (C=O) groups is 1. The van der Waals surface area contributed by atoms with Crippen LogP contribution in [0.25, 0.3) is 0 Å². The number of nitrogens with one attached hydrogen (secondary N) is 1. The molecule has 0 bridgehead atoms. The fourth-order valence-corrected chi connectivity index (χ4v) is 3.70. The van der Waals surface area contributed by atoms with Crippen LogP contribution in [0.4, 0.5) is 5.69 Å². The number of anilines is 1. The molecule has 0 spiro atoms. The minimum Gasteiger partial charge on any atom is -0.492 e. The molecule has 26 heavy (non-hydrogen) atoms. The number of benzene rings is 1. The lowest BCUT2D eigenvalue weighted by molar-refractivity contribution is -0.143. The first-order valence-electron chi connectivity index (χ1n) is 9.84. The number of hydrogen-bond donors (Lipinski definition) is 1. The van der Waals surface area contributed by atoms with Crippen LogP contribution in [0.15, 0.2) is 24.3 Å². The predicted molar refractivity (Wildman–Crippen MR) is 106 cm³/mol. The van der Waals surface area contributed by atoms with Crippen molar-refractivity contribution in [3.8, 4) is 5.75 Å². The zero-order valence-corrected chi connectivity index (χ0v) is 16.7. The van der Waals surface area contributed by atoms with Crippen molar-refractivity contribution in [1.82, 2.24) is 4.90 Å². The molecule has 1 saturated carbocycles. The van der Waals surface area contributed by atoms with Crippen molar-refractivity contribution in [2.75, 3.05) is 38.7 Å². The molecule has 5 heteroatoms. The van der Waals surface area contributed by atoms with Gasteiger partial charge in [-0.3, -0.25) is 4.79 Å². The van der Waals surface area contributed by atoms with Gasteiger partial charge in [-0.2, -0.15) is 0 Å². The summed E-state index contributed by atoms with van der Waals surface area (Å²) in [5.41, 5.74) is 0.0807. The van der Waals surface area contributed by atoms with E-state index in [4.69, 9.17) is 9.47 Å². The number of amides is 1. The van der Waals surface area contributed by atoms with Crippen molar-refractivity contribution in [1.29, 1.82) is 0 Å². The molecule has 1 aliphatic carbocycles. The number of hydrogen-bond acceptors (Lipinski definition) is 4. The lowest BCUT2D eigenvalue weighted by Crippen LogP contribution is -2.47. The summed E-state index contributed by atoms with van der Waals surface area (Å²) >= 11 is 0. The van der Waals surface area contributed by atoms with Gasteiger partial charge in [0.25, 0.3) is 5.91 Å². The molecule has 1 aromatic carbocycles. The van der Waals surface area contributed by atoms with Gasteiger partial charge in [0.15, 0.2) is 0 Å². The average Bonchev–Trinajstić information content (AvgIpc) is 2.66. The second-order valence-electron chi connectivity index (χ2n) is 7.25. The predicted octanol–water partition coefficient (Wildman–Crippen LogP) is 3.94. The highest BCUT2D eigenvalue weighted by Gasteiger charge is 2.41. The molecule has 1 aromatic rings. The monoisotopic (exact) mass is 362 g/mol. The van der Waals surface area contributed by atoms with E-state index in [-0.39, 0.29) is 5.91 Å². The topological polar surface area (TPSA) is 50.8 Å². The quantitative estimate of drug-likeness (QED) is 0.723. The molecule has 5 nitrogen and oxygen atoms in total. The van der Waals surface area contributed by atoms with Gasteiger partial charge in [-0.15, -0.1) is 0 Å². The average molecular weight is 363 g/mol. The van der Waals surface area contributed by atoms with Crippen molar-refractivity contribution < 1.29 is 14.3 Å². The van der Waals surface area contributed by atoms with Crippen LogP contribution >= 0.6 is 0 Å². The van der Waals surface area contributed by atoms with Gasteiger partial charge < -0.3 is 19.7 Å². The fourth-order valence-electron chi connectivity index (χ4n) is 3.70. The minimum absolute atomic E-state index is 0.0400. The van der Waals surface area contributed by atoms with Crippen LogP contribution in [-0.2, 0) is 9.53 Å². The molecule has 2 atom stereocenters. The highest BCUT2D eigenvalue weighted by Crippen LogP contribution is 2.35. The molecule has 146 valence electrons. The van der Waals surface area contributed by atoms with Crippen molar-refractivity contribution in [2.24, 2.45) is 5.92 Å². The van der Waals surface area contributed by atoms with Gasteiger partial charge in [-0.05, 0) is 62.5 Å². The van der Waals surface area contributed by atoms with Crippen LogP contribution in [-0.4, -0.2) is 49.8 Å². The second kappa shape index (κ2) is 9.93. The van der Waals surface area contributed by atoms with Crippen LogP contribution in [0.5, 0.6) is 5.75 Å². The number of nitrogens with zero attached hydrogens (tertiary/aromatic N) is 1. The van der Waals surface area contributed by atoms with Crippen LogP contribution in [0.1, 0.15) is 46.5 Å². The van der Waals surface area contributed by atoms with Gasteiger partial charge in [-0.25, -0.2) is 0 Å². The first kappa shape index (κ1) is 20.7. The number of likely N-dealkylation sites (N-methyl/N-ethyl adjacent to an activating group) is 1. The smallest absolute Gasteiger partial charge is 0.256 e. The minimum atomic E-state index is -0.698. The molecular weight excluding hydrogens is 328 g/mol. The Hall–Kier alpha value is -1.59. The van der Waals surface area contributed by atoms with E-state index in [1.165, 1.54) is 0 Å². The molecule has 0 radical (unpaired) electrons. The maximum absolute atomic E-state index is 12.8. The maximum Gasteiger partial charge on any atom is 0.256 e. The van der Waals surface area contributed by atoms with E-state index in [9.17, 15) is 4.79 Å². The Kier molecular flexibility index (Phi) is 7.91. The van der Waals surface area contributed by atoms with E-state index in [0.29, 0.717) is 12.5 Å². The molecule has 1 amide bonds. The lowest BCUT2D eigenvalue weighted by Gasteiger charge is -2.37. The largest absolute Gasteiger partial charge is 0.492 e. The highest BCUT2D eigenvalue weighted by atomic mass is 16.5. The van der Waals surface area contributed by atoms with Crippen molar-refractivity contribution in [3.63, 3.8) is 0 Å². The van der Waals surface area contributed by atoms with E-state index < -0.39 is 5.60 Å². The third kappa shape index (κ3) is 5.45. The summed E-state index contributed by atoms with van der Waals surface area (Å²) in [4.78, 5) is 15.1. The summed E-state index contributed by atoms with van der Waals surface area (Å²) in [5, 5.41) is 3.02. The molecule has 1 fully saturated rings. The van der Waals surface area contributed by atoms with Crippen LogP contribution in [0, 0.1) is 5.92 Å². The zero-order chi connectivity index (χ0) is 19.0. The Morgan fingerprint density at radius 1 is 1.27 bits per heavy atom. The highest BCUT2D eigenvalue weighted by molar-refractivity contribution is 5.97. The van der Waals surface area contributed by atoms with Crippen LogP contribution < -0.4 is 10.1 Å². The molecule has 1 aliphatic rings. The first-order chi connectivity index (χ1) is 12.5. The summed E-state index contributed by atoms with van der Waals surface area (Å²) in [6.07, 6.45) is 3.76. The Labute approximate surface area is 158 Å². The molecule has 0 aromatic heterocycles. The Morgan fingerprint density at radius 3 is 2.54 bits per heavy atom. The van der Waals surface area contributed by atoms with Crippen molar-refractivity contribution in [2.45, 2.75) is 52.1 Å². The normalized spacial score (nSPS) is 23.0. The molecular formula is C21H34N2O3. The summed E-state index contributed by atoms with van der Waals surface area (Å²) in [5.74, 6) is 1.29. The summed E-state index contributed by atoms with van der Waals surface area (Å²) in [7, 11) is 1.64. The van der Waals surface area contributed by atoms with Crippen LogP contribution in [0.2, 0.25) is 0 Å². The fraction of sp³-hybridized carbons (Fsp3) is 0.667. The molecule has 0 saturated heterocycles. The van der Waals surface area contributed by atoms with E-state index in [0.717, 1.165) is 56.8 Å². The number of rotatable bonds is 9. The summed E-state index contributed by atoms with van der Waals surface area (Å²) < 4.78 is 11.5. The van der Waals surface area contributed by atoms with E-state index >= 15 is 0 Å². The second-order valence-corrected chi connectivity index (χ2v) is 7.25. The number of methoxy groups -OCH3 is 1. The summed E-state index contributed by atoms with van der Waals surface area (Å²) in [6.45, 7) is 10.1. The zero-order valence-electron chi connectivity index (χ0n) is 16.7. The van der Waals surface area contributed by atoms with Gasteiger partial charge >= 0.3 is 0 Å². The van der Waals surface area contributed by atoms with Gasteiger partial charge in [0, 0.05) is 19.3 Å². The molecule has 0 aliphatic heterocycles. The first-order valence-corrected chi connectivity index (χ1v) is 9.84. The molecule has 0 unspecified atom stereocenters. The van der Waals surface area contributed by atoms with Crippen LogP contribution in [0.3, 0.4) is 0 Å². The lowest BCUT2D eigenvalue weighted by atomic mass is 9.78. The molecule has 1 N–H and O–H groups in total. The number of carbonyl (C=O) groups excluding carboxylic acids is 1. The SMILES string of the molecule is CCN(CC)CCOc1ccc(NC(=O)[C@]2(OC)CCC[C@H](C)C2)cc1. The molecule has 2 rings (SSSR count). The number of ether oxygens (including phenoxy) is 2. The third-order valence-electron chi connectivity index (χ3n) is 5.44. The van der Waals surface area contributed by atoms with Gasteiger partial charge in [0.2, 0.25) is 0 Å². The van der Waals surface area contributed by atoms with E-state index in [1.54, 1.807) is 7.11 Å². The van der Waals surface area contributed by atoms with Crippen molar-refractivity contribution >= 4 is 11.6 Å². The Morgan fingerprint density at radius 2 is 1.96 bits per heavy atom. The Balaban J connectivity index is 1.88. The standard InChI is InChI=1S/C21H34N2O3/c1-5-23(6-2)14-15-26-19-11-9-18(10-12-19)22-20(24)21(25-4)13-7-8-17(3)16-21/h9-12,17H,5-8,13-16H2,1-4H3,(H,22,24)/t17-,21-/m0/s1. The van der Waals surface area contributed by atoms with Gasteiger partial charge in [0.05, 0.1) is 0 Å². The maximum atomic E-state index is 12.8.